The second-order valence-electron chi connectivity index (χ2n) is 8.99. The highest BCUT2D eigenvalue weighted by Gasteiger charge is 2.29. The van der Waals surface area contributed by atoms with Crippen molar-refractivity contribution in [2.24, 2.45) is 0 Å². The summed E-state index contributed by atoms with van der Waals surface area (Å²) in [5, 5.41) is 20.3. The van der Waals surface area contributed by atoms with E-state index in [9.17, 15) is 10.2 Å². The minimum Gasteiger partial charge on any atom is -0.490 e. The summed E-state index contributed by atoms with van der Waals surface area (Å²) in [7, 11) is 1.77. The monoisotopic (exact) mass is 490 g/mol. The third-order valence-electron chi connectivity index (χ3n) is 6.56. The SMILES string of the molecule is CC.CO[C@H]1CCC[C@@H](Oc2ccc(Cc3cc([C@H]4C[C@@H](O)C[C@@H](CO)O4)ccc3Cl)cc2)C1. The standard InChI is InChI=1S/C26H33ClO5.C2H6/c1-30-22-3-2-4-23(15-22)31-21-8-5-17(6-9-21)11-19-12-18(7-10-25(19)27)26-14-20(29)13-24(16-28)32-26;1-2/h5-10,12,20,22-24,26,28-29H,2-4,11,13-16H2,1H3;1-2H3/t20-,22-,23+,24-,26+;/m0./s1. The highest BCUT2D eigenvalue weighted by atomic mass is 35.5. The minimum atomic E-state index is -0.471. The van der Waals surface area contributed by atoms with Gasteiger partial charge in [0, 0.05) is 31.4 Å². The van der Waals surface area contributed by atoms with E-state index in [2.05, 4.69) is 18.2 Å². The summed E-state index contributed by atoms with van der Waals surface area (Å²) in [6.07, 6.45) is 5.40. The third kappa shape index (κ3) is 7.43. The maximum absolute atomic E-state index is 10.1. The van der Waals surface area contributed by atoms with Gasteiger partial charge in [0.25, 0.3) is 0 Å². The summed E-state index contributed by atoms with van der Waals surface area (Å²) in [6.45, 7) is 3.91. The summed E-state index contributed by atoms with van der Waals surface area (Å²) >= 11 is 6.49. The minimum absolute atomic E-state index is 0.0879. The predicted octanol–water partition coefficient (Wildman–Crippen LogP) is 5.87. The van der Waals surface area contributed by atoms with Gasteiger partial charge in [-0.2, -0.15) is 0 Å². The molecule has 1 saturated heterocycles. The highest BCUT2D eigenvalue weighted by molar-refractivity contribution is 6.31. The van der Waals surface area contributed by atoms with Crippen LogP contribution in [0, 0.1) is 0 Å². The number of ether oxygens (including phenoxy) is 3. The van der Waals surface area contributed by atoms with Crippen LogP contribution < -0.4 is 4.74 Å². The summed E-state index contributed by atoms with van der Waals surface area (Å²) in [5.74, 6) is 0.884. The van der Waals surface area contributed by atoms with Crippen molar-refractivity contribution in [1.82, 2.24) is 0 Å². The van der Waals surface area contributed by atoms with Crippen molar-refractivity contribution < 1.29 is 24.4 Å². The van der Waals surface area contributed by atoms with Crippen molar-refractivity contribution in [3.63, 3.8) is 0 Å². The number of hydrogen-bond donors (Lipinski definition) is 2. The zero-order valence-electron chi connectivity index (χ0n) is 20.6. The van der Waals surface area contributed by atoms with E-state index in [1.807, 2.05) is 38.1 Å². The lowest BCUT2D eigenvalue weighted by atomic mass is 9.94. The lowest BCUT2D eigenvalue weighted by molar-refractivity contribution is -0.113. The number of aliphatic hydroxyl groups excluding tert-OH is 2. The van der Waals surface area contributed by atoms with E-state index in [0.29, 0.717) is 30.4 Å². The Bertz CT molecular complexity index is 872. The van der Waals surface area contributed by atoms with Gasteiger partial charge in [0.15, 0.2) is 0 Å². The largest absolute Gasteiger partial charge is 0.490 e. The molecule has 5 nitrogen and oxygen atoms in total. The first-order valence-corrected chi connectivity index (χ1v) is 12.9. The van der Waals surface area contributed by atoms with Gasteiger partial charge < -0.3 is 24.4 Å². The van der Waals surface area contributed by atoms with Crippen molar-refractivity contribution in [3.8, 4) is 5.75 Å². The van der Waals surface area contributed by atoms with Gasteiger partial charge in [0.2, 0.25) is 0 Å². The Labute approximate surface area is 209 Å². The Balaban J connectivity index is 0.00000158. The lowest BCUT2D eigenvalue weighted by Gasteiger charge is -2.32. The van der Waals surface area contributed by atoms with Crippen molar-refractivity contribution in [2.45, 2.75) is 89.3 Å². The van der Waals surface area contributed by atoms with Crippen LogP contribution in [0.3, 0.4) is 0 Å². The zero-order valence-corrected chi connectivity index (χ0v) is 21.3. The van der Waals surface area contributed by atoms with Gasteiger partial charge in [0.1, 0.15) is 11.9 Å². The second-order valence-corrected chi connectivity index (χ2v) is 9.40. The lowest BCUT2D eigenvalue weighted by Crippen LogP contribution is -2.33. The fourth-order valence-electron chi connectivity index (χ4n) is 4.77. The Morgan fingerprint density at radius 3 is 2.44 bits per heavy atom. The average molecular weight is 491 g/mol. The van der Waals surface area contributed by atoms with Gasteiger partial charge in [0.05, 0.1) is 31.0 Å². The molecule has 0 amide bonds. The molecule has 2 aromatic carbocycles. The average Bonchev–Trinajstić information content (AvgIpc) is 2.87. The fourth-order valence-corrected chi connectivity index (χ4v) is 4.96. The number of methoxy groups -OCH3 is 1. The van der Waals surface area contributed by atoms with Crippen LogP contribution in [0.1, 0.15) is 75.2 Å². The molecule has 1 saturated carbocycles. The van der Waals surface area contributed by atoms with Crippen molar-refractivity contribution in [3.05, 3.63) is 64.2 Å². The van der Waals surface area contributed by atoms with Crippen LogP contribution in [-0.4, -0.2) is 48.3 Å². The molecule has 0 spiro atoms. The Morgan fingerprint density at radius 1 is 1.00 bits per heavy atom. The summed E-state index contributed by atoms with van der Waals surface area (Å²) in [6, 6.07) is 14.1. The molecule has 0 bridgehead atoms. The smallest absolute Gasteiger partial charge is 0.119 e. The first-order chi connectivity index (χ1) is 16.5. The highest BCUT2D eigenvalue weighted by Crippen LogP contribution is 2.34. The maximum Gasteiger partial charge on any atom is 0.119 e. The van der Waals surface area contributed by atoms with Gasteiger partial charge >= 0.3 is 0 Å². The molecular weight excluding hydrogens is 452 g/mol. The molecule has 2 fully saturated rings. The predicted molar refractivity (Wildman–Crippen MR) is 136 cm³/mol. The van der Waals surface area contributed by atoms with Crippen molar-refractivity contribution in [1.29, 1.82) is 0 Å². The van der Waals surface area contributed by atoms with Crippen molar-refractivity contribution >= 4 is 11.6 Å². The number of hydrogen-bond acceptors (Lipinski definition) is 5. The second kappa shape index (κ2) is 13.5. The van der Waals surface area contributed by atoms with E-state index in [4.69, 9.17) is 25.8 Å². The topological polar surface area (TPSA) is 68.2 Å². The summed E-state index contributed by atoms with van der Waals surface area (Å²) in [4.78, 5) is 0. The first kappa shape index (κ1) is 27.0. The number of benzene rings is 2. The zero-order chi connectivity index (χ0) is 24.5. The third-order valence-corrected chi connectivity index (χ3v) is 6.92. The van der Waals surface area contributed by atoms with Crippen LogP contribution in [-0.2, 0) is 15.9 Å². The van der Waals surface area contributed by atoms with Gasteiger partial charge in [-0.25, -0.2) is 0 Å². The van der Waals surface area contributed by atoms with E-state index in [0.717, 1.165) is 48.1 Å². The Morgan fingerprint density at radius 2 is 1.74 bits per heavy atom. The molecule has 2 aromatic rings. The van der Waals surface area contributed by atoms with Crippen molar-refractivity contribution in [2.75, 3.05) is 13.7 Å². The molecule has 188 valence electrons. The molecular formula is C28H39ClO5. The van der Waals surface area contributed by atoms with E-state index >= 15 is 0 Å². The molecule has 4 rings (SSSR count). The fraction of sp³-hybridized carbons (Fsp3) is 0.571. The summed E-state index contributed by atoms with van der Waals surface area (Å²) < 4.78 is 17.6. The number of aliphatic hydroxyl groups is 2. The Hall–Kier alpha value is -1.63. The molecule has 1 aliphatic heterocycles. The van der Waals surface area contributed by atoms with Crippen LogP contribution in [0.5, 0.6) is 5.75 Å². The molecule has 34 heavy (non-hydrogen) atoms. The van der Waals surface area contributed by atoms with Crippen LogP contribution in [0.4, 0.5) is 0 Å². The molecule has 2 aliphatic rings. The van der Waals surface area contributed by atoms with Gasteiger partial charge in [-0.1, -0.05) is 49.7 Å². The normalized spacial score (nSPS) is 26.9. The van der Waals surface area contributed by atoms with Crippen LogP contribution >= 0.6 is 11.6 Å². The molecule has 2 N–H and O–H groups in total. The van der Waals surface area contributed by atoms with E-state index in [1.54, 1.807) is 7.11 Å². The van der Waals surface area contributed by atoms with E-state index in [1.165, 1.54) is 0 Å². The van der Waals surface area contributed by atoms with Crippen LogP contribution in [0.25, 0.3) is 0 Å². The van der Waals surface area contributed by atoms with Gasteiger partial charge in [-0.05, 0) is 60.6 Å². The molecule has 1 heterocycles. The Kier molecular flexibility index (Phi) is 10.7. The quantitative estimate of drug-likeness (QED) is 0.508. The van der Waals surface area contributed by atoms with E-state index in [-0.39, 0.29) is 24.9 Å². The molecule has 1 aliphatic carbocycles. The van der Waals surface area contributed by atoms with Gasteiger partial charge in [-0.15, -0.1) is 0 Å². The van der Waals surface area contributed by atoms with Crippen LogP contribution in [0.15, 0.2) is 42.5 Å². The molecule has 6 heteroatoms. The van der Waals surface area contributed by atoms with Crippen LogP contribution in [0.2, 0.25) is 5.02 Å². The van der Waals surface area contributed by atoms with Gasteiger partial charge in [-0.3, -0.25) is 0 Å². The summed E-state index contributed by atoms with van der Waals surface area (Å²) in [5.41, 5.74) is 3.14. The number of halogens is 1. The molecule has 0 radical (unpaired) electrons. The van der Waals surface area contributed by atoms with E-state index < -0.39 is 6.10 Å². The molecule has 5 atom stereocenters. The number of rotatable bonds is 7. The first-order valence-electron chi connectivity index (χ1n) is 12.5. The molecule has 0 unspecified atom stereocenters. The maximum atomic E-state index is 10.1. The molecule has 0 aromatic heterocycles.